The number of ether oxygens (including phenoxy) is 1. The van der Waals surface area contributed by atoms with Crippen LogP contribution < -0.4 is 4.74 Å². The SMILES string of the molecule is CCCc1nc(COc2cc(Br)ccc2F)no1. The van der Waals surface area contributed by atoms with Crippen molar-refractivity contribution in [2.24, 2.45) is 0 Å². The van der Waals surface area contributed by atoms with Crippen molar-refractivity contribution >= 4 is 15.9 Å². The Morgan fingerprint density at radius 3 is 3.06 bits per heavy atom. The lowest BCUT2D eigenvalue weighted by molar-refractivity contribution is 0.272. The number of benzene rings is 1. The molecule has 0 radical (unpaired) electrons. The average molecular weight is 315 g/mol. The van der Waals surface area contributed by atoms with Crippen LogP contribution in [0.3, 0.4) is 0 Å². The maximum Gasteiger partial charge on any atom is 0.226 e. The van der Waals surface area contributed by atoms with E-state index in [1.165, 1.54) is 6.07 Å². The summed E-state index contributed by atoms with van der Waals surface area (Å²) in [5.74, 6) is 0.727. The van der Waals surface area contributed by atoms with Crippen LogP contribution in [0.15, 0.2) is 27.2 Å². The summed E-state index contributed by atoms with van der Waals surface area (Å²) in [4.78, 5) is 4.13. The van der Waals surface area contributed by atoms with Gasteiger partial charge in [0.2, 0.25) is 11.7 Å². The molecule has 0 unspecified atom stereocenters. The number of rotatable bonds is 5. The summed E-state index contributed by atoms with van der Waals surface area (Å²) in [6.45, 7) is 2.11. The van der Waals surface area contributed by atoms with Crippen LogP contribution in [0.2, 0.25) is 0 Å². The fourth-order valence-corrected chi connectivity index (χ4v) is 1.73. The van der Waals surface area contributed by atoms with Gasteiger partial charge in [-0.1, -0.05) is 28.0 Å². The lowest BCUT2D eigenvalue weighted by Gasteiger charge is -2.04. The van der Waals surface area contributed by atoms with Crippen LogP contribution in [0.5, 0.6) is 5.75 Å². The van der Waals surface area contributed by atoms with E-state index >= 15 is 0 Å². The molecule has 0 aliphatic rings. The zero-order valence-corrected chi connectivity index (χ0v) is 11.4. The minimum absolute atomic E-state index is 0.0839. The summed E-state index contributed by atoms with van der Waals surface area (Å²) in [7, 11) is 0. The van der Waals surface area contributed by atoms with Gasteiger partial charge in [0.15, 0.2) is 18.2 Å². The molecule has 0 aliphatic carbocycles. The molecule has 2 rings (SSSR count). The van der Waals surface area contributed by atoms with Crippen LogP contribution in [-0.2, 0) is 13.0 Å². The van der Waals surface area contributed by atoms with Crippen LogP contribution in [-0.4, -0.2) is 10.1 Å². The topological polar surface area (TPSA) is 48.2 Å². The number of hydrogen-bond acceptors (Lipinski definition) is 4. The van der Waals surface area contributed by atoms with Gasteiger partial charge in [0.25, 0.3) is 0 Å². The Hall–Kier alpha value is -1.43. The second kappa shape index (κ2) is 5.95. The smallest absolute Gasteiger partial charge is 0.226 e. The summed E-state index contributed by atoms with van der Waals surface area (Å²) in [5.41, 5.74) is 0. The monoisotopic (exact) mass is 314 g/mol. The maximum absolute atomic E-state index is 13.4. The third-order valence-corrected chi connectivity index (χ3v) is 2.72. The molecule has 0 atom stereocenters. The Kier molecular flexibility index (Phi) is 4.30. The van der Waals surface area contributed by atoms with E-state index in [0.29, 0.717) is 11.7 Å². The normalized spacial score (nSPS) is 10.6. The number of aromatic nitrogens is 2. The first-order valence-electron chi connectivity index (χ1n) is 5.58. The molecule has 18 heavy (non-hydrogen) atoms. The Morgan fingerprint density at radius 1 is 1.44 bits per heavy atom. The van der Waals surface area contributed by atoms with Gasteiger partial charge < -0.3 is 9.26 Å². The molecule has 0 saturated carbocycles. The Bertz CT molecular complexity index is 531. The van der Waals surface area contributed by atoms with Crippen LogP contribution in [0.1, 0.15) is 25.1 Å². The second-order valence-electron chi connectivity index (χ2n) is 3.72. The van der Waals surface area contributed by atoms with Crippen molar-refractivity contribution in [2.75, 3.05) is 0 Å². The van der Waals surface area contributed by atoms with Crippen LogP contribution in [0.4, 0.5) is 4.39 Å². The third-order valence-electron chi connectivity index (χ3n) is 2.22. The van der Waals surface area contributed by atoms with E-state index in [2.05, 4.69) is 26.1 Å². The molecule has 0 amide bonds. The van der Waals surface area contributed by atoms with Gasteiger partial charge in [-0.05, 0) is 24.6 Å². The van der Waals surface area contributed by atoms with Gasteiger partial charge >= 0.3 is 0 Å². The molecule has 4 nitrogen and oxygen atoms in total. The van der Waals surface area contributed by atoms with E-state index in [1.807, 2.05) is 6.92 Å². The first-order chi connectivity index (χ1) is 8.69. The standard InChI is InChI=1S/C12H12BrFN2O2/c1-2-3-12-15-11(16-18-12)7-17-10-6-8(13)4-5-9(10)14/h4-6H,2-3,7H2,1H3. The summed E-state index contributed by atoms with van der Waals surface area (Å²) in [5, 5.41) is 3.76. The van der Waals surface area contributed by atoms with E-state index in [9.17, 15) is 4.39 Å². The van der Waals surface area contributed by atoms with E-state index in [1.54, 1.807) is 12.1 Å². The van der Waals surface area contributed by atoms with Crippen molar-refractivity contribution in [3.8, 4) is 5.75 Å². The van der Waals surface area contributed by atoms with Gasteiger partial charge in [0.1, 0.15) is 0 Å². The predicted octanol–water partition coefficient (Wildman–Crippen LogP) is 3.50. The molecular formula is C12H12BrFN2O2. The van der Waals surface area contributed by atoms with Gasteiger partial charge in [0.05, 0.1) is 0 Å². The number of nitrogens with zero attached hydrogens (tertiary/aromatic N) is 2. The average Bonchev–Trinajstić information content (AvgIpc) is 2.79. The van der Waals surface area contributed by atoms with Crippen LogP contribution >= 0.6 is 15.9 Å². The minimum atomic E-state index is -0.421. The van der Waals surface area contributed by atoms with Gasteiger partial charge in [-0.15, -0.1) is 0 Å². The van der Waals surface area contributed by atoms with Crippen molar-refractivity contribution in [3.05, 3.63) is 40.2 Å². The highest BCUT2D eigenvalue weighted by Crippen LogP contribution is 2.22. The quantitative estimate of drug-likeness (QED) is 0.847. The van der Waals surface area contributed by atoms with Gasteiger partial charge in [0, 0.05) is 10.9 Å². The molecule has 0 bridgehead atoms. The molecule has 1 heterocycles. The fraction of sp³-hybridized carbons (Fsp3) is 0.333. The highest BCUT2D eigenvalue weighted by atomic mass is 79.9. The molecule has 6 heteroatoms. The molecule has 1 aromatic heterocycles. The first kappa shape index (κ1) is 13.0. The number of aryl methyl sites for hydroxylation is 1. The molecule has 0 fully saturated rings. The van der Waals surface area contributed by atoms with E-state index in [0.717, 1.165) is 17.3 Å². The molecule has 2 aromatic rings. The molecule has 1 aromatic carbocycles. The predicted molar refractivity (Wildman–Crippen MR) is 66.7 cm³/mol. The van der Waals surface area contributed by atoms with Crippen LogP contribution in [0.25, 0.3) is 0 Å². The Balaban J connectivity index is 1.99. The highest BCUT2D eigenvalue weighted by molar-refractivity contribution is 9.10. The van der Waals surface area contributed by atoms with Crippen molar-refractivity contribution < 1.29 is 13.7 Å². The maximum atomic E-state index is 13.4. The lowest BCUT2D eigenvalue weighted by atomic mass is 10.3. The number of hydrogen-bond donors (Lipinski definition) is 0. The summed E-state index contributed by atoms with van der Waals surface area (Å²) >= 11 is 3.25. The third kappa shape index (κ3) is 3.29. The molecule has 0 saturated heterocycles. The van der Waals surface area contributed by atoms with Crippen molar-refractivity contribution in [3.63, 3.8) is 0 Å². The van der Waals surface area contributed by atoms with Gasteiger partial charge in [-0.3, -0.25) is 0 Å². The van der Waals surface area contributed by atoms with E-state index in [4.69, 9.17) is 9.26 Å². The molecule has 0 aliphatic heterocycles. The second-order valence-corrected chi connectivity index (χ2v) is 4.63. The summed E-state index contributed by atoms with van der Waals surface area (Å²) < 4.78 is 24.4. The zero-order chi connectivity index (χ0) is 13.0. The highest BCUT2D eigenvalue weighted by Gasteiger charge is 2.08. The Labute approximate surface area is 112 Å². The molecule has 0 spiro atoms. The van der Waals surface area contributed by atoms with Crippen LogP contribution in [0, 0.1) is 5.82 Å². The zero-order valence-electron chi connectivity index (χ0n) is 9.82. The number of halogens is 2. The van der Waals surface area contributed by atoms with Gasteiger partial charge in [-0.25, -0.2) is 4.39 Å². The minimum Gasteiger partial charge on any atom is -0.482 e. The van der Waals surface area contributed by atoms with Crippen molar-refractivity contribution in [2.45, 2.75) is 26.4 Å². The summed E-state index contributed by atoms with van der Waals surface area (Å²) in [6.07, 6.45) is 1.67. The first-order valence-corrected chi connectivity index (χ1v) is 6.37. The fourth-order valence-electron chi connectivity index (χ4n) is 1.39. The molecule has 0 N–H and O–H groups in total. The van der Waals surface area contributed by atoms with E-state index in [-0.39, 0.29) is 12.4 Å². The van der Waals surface area contributed by atoms with Crippen molar-refractivity contribution in [1.29, 1.82) is 0 Å². The molecular weight excluding hydrogens is 303 g/mol. The van der Waals surface area contributed by atoms with E-state index < -0.39 is 5.82 Å². The van der Waals surface area contributed by atoms with Gasteiger partial charge in [-0.2, -0.15) is 4.98 Å². The largest absolute Gasteiger partial charge is 0.482 e. The summed E-state index contributed by atoms with van der Waals surface area (Å²) in [6, 6.07) is 4.50. The van der Waals surface area contributed by atoms with Crippen molar-refractivity contribution in [1.82, 2.24) is 10.1 Å². The Morgan fingerprint density at radius 2 is 2.28 bits per heavy atom. The molecule has 96 valence electrons. The lowest BCUT2D eigenvalue weighted by Crippen LogP contribution is -1.99.